The summed E-state index contributed by atoms with van der Waals surface area (Å²) in [4.78, 5) is 12.4. The van der Waals surface area contributed by atoms with Gasteiger partial charge in [-0.3, -0.25) is 4.79 Å². The van der Waals surface area contributed by atoms with Gasteiger partial charge >= 0.3 is 0 Å². The van der Waals surface area contributed by atoms with Gasteiger partial charge in [0.15, 0.2) is 5.78 Å². The highest BCUT2D eigenvalue weighted by molar-refractivity contribution is 5.96. The average Bonchev–Trinajstić information content (AvgIpc) is 3.33. The summed E-state index contributed by atoms with van der Waals surface area (Å²) in [7, 11) is 0. The van der Waals surface area contributed by atoms with E-state index in [1.54, 1.807) is 0 Å². The minimum absolute atomic E-state index is 0.256. The molecule has 2 unspecified atom stereocenters. The Morgan fingerprint density at radius 3 is 2.67 bits per heavy atom. The highest BCUT2D eigenvalue weighted by atomic mass is 16.5. The summed E-state index contributed by atoms with van der Waals surface area (Å²) in [6, 6.07) is 7.68. The fraction of sp³-hybridized carbons (Fsp3) is 0.611. The number of carbonyl (C=O) groups excluding carboxylic acids is 1. The van der Waals surface area contributed by atoms with E-state index in [0.29, 0.717) is 24.4 Å². The topological polar surface area (TPSA) is 38.3 Å². The van der Waals surface area contributed by atoms with Crippen molar-refractivity contribution in [2.24, 2.45) is 11.8 Å². The van der Waals surface area contributed by atoms with Crippen LogP contribution in [0.5, 0.6) is 5.75 Å². The minimum atomic E-state index is 0.256. The number of ketones is 1. The first kappa shape index (κ1) is 14.6. The molecule has 114 valence electrons. The molecule has 1 aromatic carbocycles. The first-order valence-corrected chi connectivity index (χ1v) is 8.23. The number of rotatable bonds is 6. The van der Waals surface area contributed by atoms with Crippen LogP contribution in [-0.4, -0.2) is 25.0 Å². The van der Waals surface area contributed by atoms with Crippen LogP contribution in [0.3, 0.4) is 0 Å². The predicted molar refractivity (Wildman–Crippen MR) is 83.8 cm³/mol. The highest BCUT2D eigenvalue weighted by Crippen LogP contribution is 2.28. The van der Waals surface area contributed by atoms with E-state index < -0.39 is 0 Å². The zero-order chi connectivity index (χ0) is 14.7. The van der Waals surface area contributed by atoms with Crippen LogP contribution in [0.1, 0.15) is 49.4 Å². The number of ether oxygens (including phenoxy) is 1. The molecule has 3 heteroatoms. The van der Waals surface area contributed by atoms with Crippen LogP contribution >= 0.6 is 0 Å². The van der Waals surface area contributed by atoms with E-state index in [2.05, 4.69) is 12.2 Å². The third kappa shape index (κ3) is 4.07. The number of hydrogen-bond donors (Lipinski definition) is 1. The normalized spacial score (nSPS) is 23.6. The Morgan fingerprint density at radius 2 is 2.05 bits per heavy atom. The molecule has 0 spiro atoms. The molecule has 0 radical (unpaired) electrons. The number of piperidine rings is 1. The Morgan fingerprint density at radius 1 is 1.29 bits per heavy atom. The van der Waals surface area contributed by atoms with Gasteiger partial charge in [0.1, 0.15) is 5.75 Å². The van der Waals surface area contributed by atoms with Gasteiger partial charge in [-0.25, -0.2) is 0 Å². The smallest absolute Gasteiger partial charge is 0.163 e. The third-order valence-electron chi connectivity index (χ3n) is 4.65. The van der Waals surface area contributed by atoms with Crippen LogP contribution in [-0.2, 0) is 0 Å². The van der Waals surface area contributed by atoms with Gasteiger partial charge in [-0.05, 0) is 74.9 Å². The van der Waals surface area contributed by atoms with Crippen molar-refractivity contribution in [3.05, 3.63) is 29.8 Å². The van der Waals surface area contributed by atoms with Gasteiger partial charge in [0.25, 0.3) is 0 Å². The average molecular weight is 287 g/mol. The predicted octanol–water partition coefficient (Wildman–Crippen LogP) is 3.44. The molecule has 1 saturated carbocycles. The van der Waals surface area contributed by atoms with Crippen LogP contribution in [0.15, 0.2) is 24.3 Å². The van der Waals surface area contributed by atoms with E-state index in [9.17, 15) is 4.79 Å². The van der Waals surface area contributed by atoms with Gasteiger partial charge in [-0.1, -0.05) is 6.92 Å². The van der Waals surface area contributed by atoms with Crippen molar-refractivity contribution in [3.8, 4) is 5.75 Å². The maximum absolute atomic E-state index is 12.4. The van der Waals surface area contributed by atoms with Crippen LogP contribution in [0, 0.1) is 11.8 Å². The summed E-state index contributed by atoms with van der Waals surface area (Å²) in [5, 5.41) is 3.43. The molecule has 3 nitrogen and oxygen atoms in total. The monoisotopic (exact) mass is 287 g/mol. The zero-order valence-corrected chi connectivity index (χ0v) is 12.8. The highest BCUT2D eigenvalue weighted by Gasteiger charge is 2.24. The standard InChI is InChI=1S/C18H25NO2/c1-13(15-3-2-10-19-12-15)11-18(20)14-4-6-16(7-5-14)21-17-8-9-17/h4-7,13,15,17,19H,2-3,8-12H2,1H3. The molecular formula is C18H25NO2. The van der Waals surface area contributed by atoms with Crippen molar-refractivity contribution < 1.29 is 9.53 Å². The Bertz CT molecular complexity index is 472. The Labute approximate surface area is 127 Å². The van der Waals surface area contributed by atoms with E-state index in [-0.39, 0.29) is 5.78 Å². The van der Waals surface area contributed by atoms with Crippen LogP contribution in [0.4, 0.5) is 0 Å². The Kier molecular flexibility index (Phi) is 4.59. The van der Waals surface area contributed by atoms with Gasteiger partial charge in [0, 0.05) is 12.0 Å². The van der Waals surface area contributed by atoms with Crippen LogP contribution in [0.25, 0.3) is 0 Å². The van der Waals surface area contributed by atoms with E-state index >= 15 is 0 Å². The molecule has 1 N–H and O–H groups in total. The lowest BCUT2D eigenvalue weighted by atomic mass is 9.83. The van der Waals surface area contributed by atoms with Crippen molar-refractivity contribution in [1.82, 2.24) is 5.32 Å². The summed E-state index contributed by atoms with van der Waals surface area (Å²) >= 11 is 0. The van der Waals surface area contributed by atoms with Crippen molar-refractivity contribution in [3.63, 3.8) is 0 Å². The number of nitrogens with one attached hydrogen (secondary N) is 1. The molecule has 3 rings (SSSR count). The van der Waals surface area contributed by atoms with E-state index in [4.69, 9.17) is 4.74 Å². The molecule has 1 aliphatic heterocycles. The molecule has 0 amide bonds. The van der Waals surface area contributed by atoms with Crippen LogP contribution in [0.2, 0.25) is 0 Å². The van der Waals surface area contributed by atoms with E-state index in [1.807, 2.05) is 24.3 Å². The van der Waals surface area contributed by atoms with E-state index in [1.165, 1.54) is 12.8 Å². The molecule has 2 fully saturated rings. The first-order valence-electron chi connectivity index (χ1n) is 8.23. The molecule has 0 aromatic heterocycles. The lowest BCUT2D eigenvalue weighted by Gasteiger charge is -2.28. The van der Waals surface area contributed by atoms with Crippen molar-refractivity contribution in [1.29, 1.82) is 0 Å². The maximum atomic E-state index is 12.4. The summed E-state index contributed by atoms with van der Waals surface area (Å²) in [6.07, 6.45) is 5.85. The second kappa shape index (κ2) is 6.61. The summed E-state index contributed by atoms with van der Waals surface area (Å²) in [6.45, 7) is 4.39. The van der Waals surface area contributed by atoms with Gasteiger partial charge in [-0.15, -0.1) is 0 Å². The lowest BCUT2D eigenvalue weighted by molar-refractivity contribution is 0.0943. The molecule has 1 saturated heterocycles. The molecule has 21 heavy (non-hydrogen) atoms. The van der Waals surface area contributed by atoms with Crippen molar-refractivity contribution in [2.45, 2.75) is 45.1 Å². The molecule has 2 aliphatic rings. The van der Waals surface area contributed by atoms with Gasteiger partial charge in [0.05, 0.1) is 6.10 Å². The van der Waals surface area contributed by atoms with Gasteiger partial charge in [-0.2, -0.15) is 0 Å². The van der Waals surface area contributed by atoms with E-state index in [0.717, 1.165) is 37.2 Å². The second-order valence-corrected chi connectivity index (χ2v) is 6.55. The summed E-state index contributed by atoms with van der Waals surface area (Å²) < 4.78 is 5.72. The van der Waals surface area contributed by atoms with Crippen molar-refractivity contribution >= 4 is 5.78 Å². The SMILES string of the molecule is CC(CC(=O)c1ccc(OC2CC2)cc1)C1CCCNC1. The number of benzene rings is 1. The number of carbonyl (C=O) groups is 1. The Hall–Kier alpha value is -1.35. The number of hydrogen-bond acceptors (Lipinski definition) is 3. The van der Waals surface area contributed by atoms with Crippen molar-refractivity contribution in [2.75, 3.05) is 13.1 Å². The molecular weight excluding hydrogens is 262 g/mol. The summed E-state index contributed by atoms with van der Waals surface area (Å²) in [5.74, 6) is 2.23. The minimum Gasteiger partial charge on any atom is -0.490 e. The van der Waals surface area contributed by atoms with Crippen LogP contribution < -0.4 is 10.1 Å². The fourth-order valence-corrected chi connectivity index (χ4v) is 3.04. The molecule has 1 heterocycles. The largest absolute Gasteiger partial charge is 0.490 e. The van der Waals surface area contributed by atoms with Gasteiger partial charge < -0.3 is 10.1 Å². The molecule has 0 bridgehead atoms. The first-order chi connectivity index (χ1) is 10.2. The van der Waals surface area contributed by atoms with Gasteiger partial charge in [0.2, 0.25) is 0 Å². The quantitative estimate of drug-likeness (QED) is 0.815. The Balaban J connectivity index is 1.53. The zero-order valence-electron chi connectivity index (χ0n) is 12.8. The number of Topliss-reactive ketones (excluding diaryl/α,β-unsaturated/α-hetero) is 1. The fourth-order valence-electron chi connectivity index (χ4n) is 3.04. The molecule has 2 atom stereocenters. The molecule has 1 aromatic rings. The molecule has 1 aliphatic carbocycles. The second-order valence-electron chi connectivity index (χ2n) is 6.55. The third-order valence-corrected chi connectivity index (χ3v) is 4.65. The summed E-state index contributed by atoms with van der Waals surface area (Å²) in [5.41, 5.74) is 0.814. The lowest BCUT2D eigenvalue weighted by Crippen LogP contribution is -2.34. The maximum Gasteiger partial charge on any atom is 0.163 e.